The molecule has 1 fully saturated rings. The van der Waals surface area contributed by atoms with E-state index in [1.807, 2.05) is 30.4 Å². The van der Waals surface area contributed by atoms with Crippen LogP contribution >= 0.6 is 0 Å². The number of amides is 1. The molecule has 1 aliphatic heterocycles. The maximum absolute atomic E-state index is 12.6. The Morgan fingerprint density at radius 3 is 2.85 bits per heavy atom. The Balaban J connectivity index is 1.76. The number of H-pyrrole nitrogens is 1. The fourth-order valence-electron chi connectivity index (χ4n) is 2.91. The summed E-state index contributed by atoms with van der Waals surface area (Å²) in [6.07, 6.45) is 9.52. The van der Waals surface area contributed by atoms with Crippen molar-refractivity contribution >= 4 is 5.91 Å². The van der Waals surface area contributed by atoms with E-state index in [1.165, 1.54) is 5.56 Å². The van der Waals surface area contributed by atoms with Gasteiger partial charge in [-0.05, 0) is 43.0 Å². The van der Waals surface area contributed by atoms with Crippen molar-refractivity contribution in [2.24, 2.45) is 0 Å². The van der Waals surface area contributed by atoms with E-state index in [4.69, 9.17) is 0 Å². The van der Waals surface area contributed by atoms with Crippen molar-refractivity contribution in [3.8, 4) is 0 Å². The Morgan fingerprint density at radius 1 is 1.35 bits per heavy atom. The molecule has 0 saturated carbocycles. The zero-order valence-electron chi connectivity index (χ0n) is 11.7. The largest absolute Gasteiger partial charge is 0.367 e. The molecule has 0 aromatic carbocycles. The van der Waals surface area contributed by atoms with Gasteiger partial charge in [-0.1, -0.05) is 0 Å². The Labute approximate surface area is 118 Å². The van der Waals surface area contributed by atoms with Crippen LogP contribution in [0, 0.1) is 6.92 Å². The summed E-state index contributed by atoms with van der Waals surface area (Å²) in [6, 6.07) is 4.11. The van der Waals surface area contributed by atoms with Gasteiger partial charge in [-0.25, -0.2) is 0 Å². The normalized spacial score (nSPS) is 19.1. The molecule has 0 radical (unpaired) electrons. The number of hydrogen-bond donors (Lipinski definition) is 1. The van der Waals surface area contributed by atoms with Gasteiger partial charge in [-0.2, -0.15) is 0 Å². The highest BCUT2D eigenvalue weighted by Gasteiger charge is 2.26. The van der Waals surface area contributed by atoms with Crippen molar-refractivity contribution in [1.82, 2.24) is 14.9 Å². The molecule has 2 aromatic heterocycles. The number of pyridine rings is 1. The first kappa shape index (κ1) is 12.9. The van der Waals surface area contributed by atoms with Crippen LogP contribution in [0.15, 0.2) is 36.9 Å². The van der Waals surface area contributed by atoms with E-state index in [-0.39, 0.29) is 5.91 Å². The van der Waals surface area contributed by atoms with Crippen LogP contribution in [0.4, 0.5) is 0 Å². The minimum absolute atomic E-state index is 0.141. The SMILES string of the molecule is Cc1c[nH]cc1C(=O)N1CCC[C@@H](c2ccncc2)C1. The predicted molar refractivity (Wildman–Crippen MR) is 77.6 cm³/mol. The van der Waals surface area contributed by atoms with Crippen molar-refractivity contribution < 1.29 is 4.79 Å². The molecule has 0 spiro atoms. The summed E-state index contributed by atoms with van der Waals surface area (Å²) in [5.74, 6) is 0.567. The minimum atomic E-state index is 0.141. The number of carbonyl (C=O) groups excluding carboxylic acids is 1. The molecule has 4 heteroatoms. The summed E-state index contributed by atoms with van der Waals surface area (Å²) in [5.41, 5.74) is 3.09. The summed E-state index contributed by atoms with van der Waals surface area (Å²) < 4.78 is 0. The quantitative estimate of drug-likeness (QED) is 0.911. The maximum Gasteiger partial charge on any atom is 0.255 e. The molecule has 1 atom stereocenters. The molecule has 20 heavy (non-hydrogen) atoms. The van der Waals surface area contributed by atoms with Gasteiger partial charge < -0.3 is 9.88 Å². The van der Waals surface area contributed by atoms with Crippen LogP contribution in [-0.2, 0) is 0 Å². The number of nitrogens with zero attached hydrogens (tertiary/aromatic N) is 2. The maximum atomic E-state index is 12.6. The molecule has 0 bridgehead atoms. The average Bonchev–Trinajstić information content (AvgIpc) is 2.94. The molecule has 1 aliphatic rings. The Morgan fingerprint density at radius 2 is 2.15 bits per heavy atom. The summed E-state index contributed by atoms with van der Waals surface area (Å²) >= 11 is 0. The molecule has 1 N–H and O–H groups in total. The smallest absolute Gasteiger partial charge is 0.255 e. The van der Waals surface area contributed by atoms with Crippen LogP contribution in [0.2, 0.25) is 0 Å². The number of aryl methyl sites for hydroxylation is 1. The number of rotatable bonds is 2. The van der Waals surface area contributed by atoms with Crippen LogP contribution in [-0.4, -0.2) is 33.9 Å². The highest BCUT2D eigenvalue weighted by atomic mass is 16.2. The highest BCUT2D eigenvalue weighted by molar-refractivity contribution is 5.95. The topological polar surface area (TPSA) is 49.0 Å². The number of aromatic nitrogens is 2. The van der Waals surface area contributed by atoms with Crippen molar-refractivity contribution in [2.75, 3.05) is 13.1 Å². The second-order valence-corrected chi connectivity index (χ2v) is 5.42. The van der Waals surface area contributed by atoms with Crippen molar-refractivity contribution in [3.05, 3.63) is 53.6 Å². The van der Waals surface area contributed by atoms with Crippen molar-refractivity contribution in [1.29, 1.82) is 0 Å². The summed E-state index contributed by atoms with van der Waals surface area (Å²) in [7, 11) is 0. The Kier molecular flexibility index (Phi) is 3.54. The fourth-order valence-corrected chi connectivity index (χ4v) is 2.91. The van der Waals surface area contributed by atoms with Gasteiger partial charge in [0, 0.05) is 43.8 Å². The first-order valence-electron chi connectivity index (χ1n) is 7.08. The van der Waals surface area contributed by atoms with Crippen LogP contribution in [0.1, 0.15) is 40.2 Å². The molecule has 104 valence electrons. The molecule has 0 aliphatic carbocycles. The molecular formula is C16H19N3O. The summed E-state index contributed by atoms with van der Waals surface area (Å²) in [5, 5.41) is 0. The average molecular weight is 269 g/mol. The second kappa shape index (κ2) is 5.49. The number of carbonyl (C=O) groups is 1. The molecule has 1 amide bonds. The van der Waals surface area contributed by atoms with Crippen molar-refractivity contribution in [3.63, 3.8) is 0 Å². The lowest BCUT2D eigenvalue weighted by Crippen LogP contribution is -2.39. The van der Waals surface area contributed by atoms with Gasteiger partial charge in [-0.15, -0.1) is 0 Å². The van der Waals surface area contributed by atoms with Gasteiger partial charge in [-0.3, -0.25) is 9.78 Å². The monoisotopic (exact) mass is 269 g/mol. The lowest BCUT2D eigenvalue weighted by Gasteiger charge is -2.33. The van der Waals surface area contributed by atoms with E-state index in [0.717, 1.165) is 37.1 Å². The van der Waals surface area contributed by atoms with Crippen molar-refractivity contribution in [2.45, 2.75) is 25.7 Å². The van der Waals surface area contributed by atoms with E-state index < -0.39 is 0 Å². The molecule has 4 nitrogen and oxygen atoms in total. The Hall–Kier alpha value is -2.10. The summed E-state index contributed by atoms with van der Waals surface area (Å²) in [4.78, 5) is 21.6. The number of piperidine rings is 1. The highest BCUT2D eigenvalue weighted by Crippen LogP contribution is 2.27. The molecule has 2 aromatic rings. The van der Waals surface area contributed by atoms with E-state index >= 15 is 0 Å². The molecule has 3 heterocycles. The van der Waals surface area contributed by atoms with Gasteiger partial charge >= 0.3 is 0 Å². The van der Waals surface area contributed by atoms with Crippen LogP contribution in [0.3, 0.4) is 0 Å². The third-order valence-corrected chi connectivity index (χ3v) is 4.07. The second-order valence-electron chi connectivity index (χ2n) is 5.42. The number of aromatic amines is 1. The van der Waals surface area contributed by atoms with Crippen LogP contribution in [0.25, 0.3) is 0 Å². The van der Waals surface area contributed by atoms with E-state index in [2.05, 4.69) is 22.1 Å². The van der Waals surface area contributed by atoms with Gasteiger partial charge in [0.25, 0.3) is 5.91 Å². The number of nitrogens with one attached hydrogen (secondary N) is 1. The number of likely N-dealkylation sites (tertiary alicyclic amines) is 1. The van der Waals surface area contributed by atoms with Gasteiger partial charge in [0.2, 0.25) is 0 Å². The Bertz CT molecular complexity index is 591. The van der Waals surface area contributed by atoms with Crippen LogP contribution < -0.4 is 0 Å². The third-order valence-electron chi connectivity index (χ3n) is 4.07. The van der Waals surface area contributed by atoms with Crippen LogP contribution in [0.5, 0.6) is 0 Å². The molecule has 1 saturated heterocycles. The summed E-state index contributed by atoms with van der Waals surface area (Å²) in [6.45, 7) is 3.62. The molecular weight excluding hydrogens is 250 g/mol. The minimum Gasteiger partial charge on any atom is -0.367 e. The zero-order valence-corrected chi connectivity index (χ0v) is 11.7. The predicted octanol–water partition coefficient (Wildman–Crippen LogP) is 2.74. The van der Waals surface area contributed by atoms with E-state index in [0.29, 0.717) is 5.92 Å². The van der Waals surface area contributed by atoms with E-state index in [9.17, 15) is 4.79 Å². The standard InChI is InChI=1S/C16H19N3O/c1-12-9-18-10-15(12)16(20)19-8-2-3-14(11-19)13-4-6-17-7-5-13/h4-7,9-10,14,18H,2-3,8,11H2,1H3/t14-/m1/s1. The lowest BCUT2D eigenvalue weighted by atomic mass is 9.91. The zero-order chi connectivity index (χ0) is 13.9. The third kappa shape index (κ3) is 2.46. The lowest BCUT2D eigenvalue weighted by molar-refractivity contribution is 0.0706. The number of hydrogen-bond acceptors (Lipinski definition) is 2. The van der Waals surface area contributed by atoms with E-state index in [1.54, 1.807) is 6.20 Å². The van der Waals surface area contributed by atoms with Gasteiger partial charge in [0.1, 0.15) is 0 Å². The fraction of sp³-hybridized carbons (Fsp3) is 0.375. The first-order chi connectivity index (χ1) is 9.75. The van der Waals surface area contributed by atoms with Gasteiger partial charge in [0.05, 0.1) is 5.56 Å². The molecule has 3 rings (SSSR count). The molecule has 0 unspecified atom stereocenters. The van der Waals surface area contributed by atoms with Gasteiger partial charge in [0.15, 0.2) is 0 Å². The first-order valence-corrected chi connectivity index (χ1v) is 7.08.